The van der Waals surface area contributed by atoms with Crippen molar-refractivity contribution >= 4 is 21.4 Å². The van der Waals surface area contributed by atoms with Gasteiger partial charge in [0.15, 0.2) is 0 Å². The molecule has 0 aromatic carbocycles. The minimum atomic E-state index is 0.0319. The monoisotopic (exact) mass is 236 g/mol. The fraction of sp³-hybridized carbons (Fsp3) is 0.500. The molecule has 0 bridgehead atoms. The van der Waals surface area contributed by atoms with Crippen LogP contribution in [0.15, 0.2) is 16.2 Å². The van der Waals surface area contributed by atoms with Crippen LogP contribution in [-0.2, 0) is 0 Å². The van der Waals surface area contributed by atoms with E-state index in [0.717, 1.165) is 15.8 Å². The molecule has 0 saturated carbocycles. The predicted molar refractivity (Wildman–Crippen MR) is 68.4 cm³/mol. The molecule has 2 rings (SSSR count). The maximum atomic E-state index is 12.1. The van der Waals surface area contributed by atoms with Gasteiger partial charge in [-0.3, -0.25) is 4.79 Å². The van der Waals surface area contributed by atoms with Crippen LogP contribution < -0.4 is 5.56 Å². The van der Waals surface area contributed by atoms with Gasteiger partial charge in [0.2, 0.25) is 0 Å². The predicted octanol–water partition coefficient (Wildman–Crippen LogP) is 3.16. The highest BCUT2D eigenvalue weighted by atomic mass is 32.1. The van der Waals surface area contributed by atoms with Crippen LogP contribution in [0.4, 0.5) is 0 Å². The highest BCUT2D eigenvalue weighted by Gasteiger charge is 2.15. The molecule has 0 aliphatic rings. The molecule has 16 heavy (non-hydrogen) atoms. The molecule has 86 valence electrons. The highest BCUT2D eigenvalue weighted by molar-refractivity contribution is 7.17. The fourth-order valence-electron chi connectivity index (χ4n) is 1.77. The third-order valence-corrected chi connectivity index (χ3v) is 3.50. The average molecular weight is 236 g/mol. The first kappa shape index (κ1) is 11.3. The Morgan fingerprint density at radius 1 is 1.31 bits per heavy atom. The molecule has 3 nitrogen and oxygen atoms in total. The van der Waals surface area contributed by atoms with Crippen molar-refractivity contribution in [3.05, 3.63) is 27.5 Å². The number of hydrogen-bond acceptors (Lipinski definition) is 3. The molecule has 0 aliphatic heterocycles. The topological polar surface area (TPSA) is 34.9 Å². The Morgan fingerprint density at radius 2 is 2.00 bits per heavy atom. The quantitative estimate of drug-likeness (QED) is 0.802. The van der Waals surface area contributed by atoms with Crippen molar-refractivity contribution in [2.45, 2.75) is 39.7 Å². The SMILES string of the molecule is CC(C)c1nn(C(C)C)c(=O)c2sccc12. The summed E-state index contributed by atoms with van der Waals surface area (Å²) in [5, 5.41) is 7.46. The van der Waals surface area contributed by atoms with Crippen molar-refractivity contribution in [2.24, 2.45) is 0 Å². The molecule has 0 saturated heterocycles. The van der Waals surface area contributed by atoms with Gasteiger partial charge in [-0.05, 0) is 31.2 Å². The molecule has 0 fully saturated rings. The van der Waals surface area contributed by atoms with Crippen molar-refractivity contribution in [3.8, 4) is 0 Å². The van der Waals surface area contributed by atoms with E-state index in [1.807, 2.05) is 25.3 Å². The van der Waals surface area contributed by atoms with Crippen LogP contribution in [0.1, 0.15) is 45.3 Å². The first-order valence-corrected chi connectivity index (χ1v) is 6.40. The van der Waals surface area contributed by atoms with Crippen LogP contribution in [0.3, 0.4) is 0 Å². The van der Waals surface area contributed by atoms with Gasteiger partial charge in [0.25, 0.3) is 5.56 Å². The van der Waals surface area contributed by atoms with Crippen LogP contribution in [0.2, 0.25) is 0 Å². The van der Waals surface area contributed by atoms with E-state index >= 15 is 0 Å². The second kappa shape index (κ2) is 4.01. The van der Waals surface area contributed by atoms with Crippen LogP contribution in [0.25, 0.3) is 10.1 Å². The number of hydrogen-bond donors (Lipinski definition) is 0. The molecular formula is C12H16N2OS. The molecule has 0 radical (unpaired) electrons. The Hall–Kier alpha value is -1.16. The van der Waals surface area contributed by atoms with Gasteiger partial charge >= 0.3 is 0 Å². The summed E-state index contributed by atoms with van der Waals surface area (Å²) in [6.07, 6.45) is 0. The fourth-order valence-corrected chi connectivity index (χ4v) is 2.61. The summed E-state index contributed by atoms with van der Waals surface area (Å²) >= 11 is 1.50. The number of aromatic nitrogens is 2. The van der Waals surface area contributed by atoms with Crippen molar-refractivity contribution in [1.82, 2.24) is 9.78 Å². The number of rotatable bonds is 2. The molecule has 4 heteroatoms. The Labute approximate surface area is 98.7 Å². The molecule has 0 aliphatic carbocycles. The smallest absolute Gasteiger partial charge is 0.266 e. The minimum absolute atomic E-state index is 0.0319. The zero-order valence-electron chi connectivity index (χ0n) is 10.0. The van der Waals surface area contributed by atoms with E-state index in [1.54, 1.807) is 4.68 Å². The van der Waals surface area contributed by atoms with Crippen molar-refractivity contribution < 1.29 is 0 Å². The van der Waals surface area contributed by atoms with Crippen molar-refractivity contribution in [2.75, 3.05) is 0 Å². The number of nitrogens with zero attached hydrogens (tertiary/aromatic N) is 2. The second-order valence-corrected chi connectivity index (χ2v) is 5.46. The molecular weight excluding hydrogens is 220 g/mol. The van der Waals surface area contributed by atoms with E-state index in [0.29, 0.717) is 5.92 Å². The molecule has 0 spiro atoms. The first-order chi connectivity index (χ1) is 7.52. The average Bonchev–Trinajstić information content (AvgIpc) is 2.66. The summed E-state index contributed by atoms with van der Waals surface area (Å²) in [7, 11) is 0. The van der Waals surface area contributed by atoms with E-state index < -0.39 is 0 Å². The Balaban J connectivity index is 2.85. The van der Waals surface area contributed by atoms with Crippen LogP contribution in [0.5, 0.6) is 0 Å². The standard InChI is InChI=1S/C12H16N2OS/c1-7(2)10-9-5-6-16-11(9)12(15)14(13-10)8(3)4/h5-8H,1-4H3. The summed E-state index contributed by atoms with van der Waals surface area (Å²) in [4.78, 5) is 12.1. The molecule has 0 atom stereocenters. The normalized spacial score (nSPS) is 11.9. The molecule has 0 unspecified atom stereocenters. The zero-order valence-corrected chi connectivity index (χ0v) is 10.8. The maximum absolute atomic E-state index is 12.1. The Morgan fingerprint density at radius 3 is 2.56 bits per heavy atom. The summed E-state index contributed by atoms with van der Waals surface area (Å²) < 4.78 is 2.42. The minimum Gasteiger partial charge on any atom is -0.266 e. The first-order valence-electron chi connectivity index (χ1n) is 5.52. The van der Waals surface area contributed by atoms with E-state index in [2.05, 4.69) is 18.9 Å². The van der Waals surface area contributed by atoms with Gasteiger partial charge < -0.3 is 0 Å². The van der Waals surface area contributed by atoms with E-state index in [1.165, 1.54) is 11.3 Å². The van der Waals surface area contributed by atoms with Crippen LogP contribution in [-0.4, -0.2) is 9.78 Å². The van der Waals surface area contributed by atoms with Crippen molar-refractivity contribution in [3.63, 3.8) is 0 Å². The van der Waals surface area contributed by atoms with Gasteiger partial charge in [0, 0.05) is 5.39 Å². The molecule has 2 aromatic heterocycles. The Kier molecular flexibility index (Phi) is 2.84. The van der Waals surface area contributed by atoms with Gasteiger partial charge in [-0.25, -0.2) is 4.68 Å². The number of fused-ring (bicyclic) bond motifs is 1. The summed E-state index contributed by atoms with van der Waals surface area (Å²) in [5.74, 6) is 0.336. The third-order valence-electron chi connectivity index (χ3n) is 2.59. The molecule has 0 amide bonds. The lowest BCUT2D eigenvalue weighted by Gasteiger charge is -2.13. The summed E-state index contributed by atoms with van der Waals surface area (Å²) in [6, 6.07) is 2.10. The largest absolute Gasteiger partial charge is 0.284 e. The van der Waals surface area contributed by atoms with E-state index in [-0.39, 0.29) is 11.6 Å². The lowest BCUT2D eigenvalue weighted by atomic mass is 10.1. The van der Waals surface area contributed by atoms with Gasteiger partial charge in [0.05, 0.1) is 11.7 Å². The van der Waals surface area contributed by atoms with Crippen LogP contribution >= 0.6 is 11.3 Å². The summed E-state index contributed by atoms with van der Waals surface area (Å²) in [6.45, 7) is 8.18. The molecule has 0 N–H and O–H groups in total. The number of thiophene rings is 1. The third kappa shape index (κ3) is 1.67. The maximum Gasteiger partial charge on any atom is 0.284 e. The Bertz CT molecular complexity index is 566. The molecule has 2 aromatic rings. The van der Waals surface area contributed by atoms with Gasteiger partial charge in [-0.2, -0.15) is 5.10 Å². The second-order valence-electron chi connectivity index (χ2n) is 4.55. The highest BCUT2D eigenvalue weighted by Crippen LogP contribution is 2.25. The van der Waals surface area contributed by atoms with Gasteiger partial charge in [-0.1, -0.05) is 13.8 Å². The summed E-state index contributed by atoms with van der Waals surface area (Å²) in [5.41, 5.74) is 1.05. The zero-order chi connectivity index (χ0) is 11.9. The van der Waals surface area contributed by atoms with Crippen molar-refractivity contribution in [1.29, 1.82) is 0 Å². The van der Waals surface area contributed by atoms with Gasteiger partial charge in [-0.15, -0.1) is 11.3 Å². The lowest BCUT2D eigenvalue weighted by Crippen LogP contribution is -2.25. The molecule has 2 heterocycles. The van der Waals surface area contributed by atoms with Gasteiger partial charge in [0.1, 0.15) is 4.70 Å². The lowest BCUT2D eigenvalue weighted by molar-refractivity contribution is 0.495. The van der Waals surface area contributed by atoms with Crippen LogP contribution in [0, 0.1) is 0 Å². The van der Waals surface area contributed by atoms with E-state index in [9.17, 15) is 4.79 Å². The van der Waals surface area contributed by atoms with E-state index in [4.69, 9.17) is 0 Å².